The van der Waals surface area contributed by atoms with E-state index in [1.165, 1.54) is 6.92 Å². The second kappa shape index (κ2) is 9.52. The van der Waals surface area contributed by atoms with Crippen molar-refractivity contribution in [3.63, 3.8) is 0 Å². The summed E-state index contributed by atoms with van der Waals surface area (Å²) >= 11 is 0. The van der Waals surface area contributed by atoms with Crippen molar-refractivity contribution in [1.82, 2.24) is 5.32 Å². The first-order chi connectivity index (χ1) is 12.9. The average molecular weight is 369 g/mol. The number of hydrogen-bond acceptors (Lipinski definition) is 5. The van der Waals surface area contributed by atoms with Gasteiger partial charge in [-0.2, -0.15) is 0 Å². The Labute approximate surface area is 158 Å². The molecular formula is C21H23NO5. The fraction of sp³-hybridized carbons (Fsp3) is 0.286. The van der Waals surface area contributed by atoms with Crippen LogP contribution >= 0.6 is 0 Å². The van der Waals surface area contributed by atoms with Gasteiger partial charge in [-0.05, 0) is 51.1 Å². The molecule has 0 aromatic heterocycles. The van der Waals surface area contributed by atoms with Crippen LogP contribution in [-0.4, -0.2) is 30.3 Å². The topological polar surface area (TPSA) is 81.7 Å². The van der Waals surface area contributed by atoms with Gasteiger partial charge in [0, 0.05) is 16.7 Å². The van der Waals surface area contributed by atoms with Gasteiger partial charge in [-0.1, -0.05) is 18.2 Å². The fourth-order valence-electron chi connectivity index (χ4n) is 2.41. The summed E-state index contributed by atoms with van der Waals surface area (Å²) in [6, 6.07) is 12.8. The van der Waals surface area contributed by atoms with E-state index in [9.17, 15) is 14.4 Å². The summed E-state index contributed by atoms with van der Waals surface area (Å²) in [5.41, 5.74) is 1.57. The van der Waals surface area contributed by atoms with Crippen molar-refractivity contribution in [1.29, 1.82) is 0 Å². The minimum atomic E-state index is -0.816. The Balaban J connectivity index is 2.00. The van der Waals surface area contributed by atoms with E-state index in [0.717, 1.165) is 0 Å². The molecule has 142 valence electrons. The van der Waals surface area contributed by atoms with Gasteiger partial charge in [0.2, 0.25) is 0 Å². The number of nitrogens with one attached hydrogen (secondary N) is 1. The summed E-state index contributed by atoms with van der Waals surface area (Å²) in [5.74, 6) is -0.464. The number of carbonyl (C=O) groups is 3. The highest BCUT2D eigenvalue weighted by Crippen LogP contribution is 2.22. The van der Waals surface area contributed by atoms with Crippen LogP contribution in [0.25, 0.3) is 0 Å². The molecule has 0 aliphatic heterocycles. The predicted molar refractivity (Wildman–Crippen MR) is 101 cm³/mol. The van der Waals surface area contributed by atoms with Gasteiger partial charge in [0.25, 0.3) is 5.91 Å². The summed E-state index contributed by atoms with van der Waals surface area (Å²) in [6.07, 6.45) is 0. The Morgan fingerprint density at radius 2 is 1.74 bits per heavy atom. The molecule has 0 saturated heterocycles. The molecule has 6 nitrogen and oxygen atoms in total. The predicted octanol–water partition coefficient (Wildman–Crippen LogP) is 3.15. The van der Waals surface area contributed by atoms with Gasteiger partial charge in [-0.3, -0.25) is 9.59 Å². The van der Waals surface area contributed by atoms with Crippen LogP contribution < -0.4 is 10.1 Å². The highest BCUT2D eigenvalue weighted by atomic mass is 16.5. The number of hydrogen-bond donors (Lipinski definition) is 1. The van der Waals surface area contributed by atoms with Crippen molar-refractivity contribution in [2.45, 2.75) is 33.4 Å². The molecule has 0 radical (unpaired) electrons. The highest BCUT2D eigenvalue weighted by molar-refractivity contribution is 5.96. The van der Waals surface area contributed by atoms with Crippen molar-refractivity contribution in [2.75, 3.05) is 6.61 Å². The zero-order valence-corrected chi connectivity index (χ0v) is 15.7. The van der Waals surface area contributed by atoms with Gasteiger partial charge >= 0.3 is 5.97 Å². The molecule has 2 aromatic carbocycles. The number of esters is 1. The van der Waals surface area contributed by atoms with Gasteiger partial charge in [-0.25, -0.2) is 4.79 Å². The van der Waals surface area contributed by atoms with Gasteiger partial charge in [-0.15, -0.1) is 0 Å². The lowest BCUT2D eigenvalue weighted by atomic mass is 10.1. The van der Waals surface area contributed by atoms with E-state index >= 15 is 0 Å². The summed E-state index contributed by atoms with van der Waals surface area (Å²) in [7, 11) is 0. The lowest BCUT2D eigenvalue weighted by Crippen LogP contribution is -2.39. The molecule has 2 aromatic rings. The Kier molecular flexibility index (Phi) is 7.11. The molecule has 27 heavy (non-hydrogen) atoms. The molecule has 0 aliphatic rings. The minimum Gasteiger partial charge on any atom is -0.493 e. The molecule has 0 heterocycles. The van der Waals surface area contributed by atoms with Crippen molar-refractivity contribution >= 4 is 17.7 Å². The zero-order valence-electron chi connectivity index (χ0n) is 15.7. The van der Waals surface area contributed by atoms with Crippen LogP contribution in [0.1, 0.15) is 47.1 Å². The summed E-state index contributed by atoms with van der Waals surface area (Å²) < 4.78 is 10.8. The number of carbonyl (C=O) groups excluding carboxylic acids is 3. The molecule has 6 heteroatoms. The van der Waals surface area contributed by atoms with Crippen LogP contribution in [0.4, 0.5) is 0 Å². The van der Waals surface area contributed by atoms with Crippen LogP contribution in [-0.2, 0) is 16.1 Å². The van der Waals surface area contributed by atoms with E-state index < -0.39 is 12.0 Å². The maximum absolute atomic E-state index is 12.2. The lowest BCUT2D eigenvalue weighted by Gasteiger charge is -2.15. The standard InChI is InChI=1S/C21H23NO5/c1-4-26-19-11-10-17(15(3)23)12-18(19)13-27-21(25)14(2)22-20(24)16-8-6-5-7-9-16/h5-12,14H,4,13H2,1-3H3,(H,22,24). The van der Waals surface area contributed by atoms with Crippen LogP contribution in [0.15, 0.2) is 48.5 Å². The number of rotatable bonds is 8. The maximum atomic E-state index is 12.2. The van der Waals surface area contributed by atoms with E-state index in [1.54, 1.807) is 55.5 Å². The van der Waals surface area contributed by atoms with Gasteiger partial charge in [0.05, 0.1) is 6.61 Å². The molecule has 0 fully saturated rings. The van der Waals surface area contributed by atoms with E-state index in [2.05, 4.69) is 5.32 Å². The molecule has 0 spiro atoms. The molecule has 1 N–H and O–H groups in total. The first-order valence-corrected chi connectivity index (χ1v) is 8.71. The Hall–Kier alpha value is -3.15. The average Bonchev–Trinajstić information content (AvgIpc) is 2.67. The number of ether oxygens (including phenoxy) is 2. The van der Waals surface area contributed by atoms with Crippen molar-refractivity contribution in [2.24, 2.45) is 0 Å². The third kappa shape index (κ3) is 5.67. The van der Waals surface area contributed by atoms with Gasteiger partial charge in [0.15, 0.2) is 5.78 Å². The lowest BCUT2D eigenvalue weighted by molar-refractivity contribution is -0.146. The fourth-order valence-corrected chi connectivity index (χ4v) is 2.41. The summed E-state index contributed by atoms with van der Waals surface area (Å²) in [5, 5.41) is 2.60. The third-order valence-corrected chi connectivity index (χ3v) is 3.87. The number of amides is 1. The molecule has 1 unspecified atom stereocenters. The van der Waals surface area contributed by atoms with Crippen LogP contribution in [0.3, 0.4) is 0 Å². The van der Waals surface area contributed by atoms with Crippen LogP contribution in [0.2, 0.25) is 0 Å². The Morgan fingerprint density at radius 1 is 1.04 bits per heavy atom. The van der Waals surface area contributed by atoms with Crippen molar-refractivity contribution < 1.29 is 23.9 Å². The molecule has 0 bridgehead atoms. The van der Waals surface area contributed by atoms with E-state index in [0.29, 0.717) is 29.0 Å². The van der Waals surface area contributed by atoms with E-state index in [1.807, 2.05) is 6.92 Å². The molecule has 0 saturated carbocycles. The first-order valence-electron chi connectivity index (χ1n) is 8.71. The van der Waals surface area contributed by atoms with Crippen LogP contribution in [0.5, 0.6) is 5.75 Å². The Bertz CT molecular complexity index is 817. The molecule has 1 atom stereocenters. The SMILES string of the molecule is CCOc1ccc(C(C)=O)cc1COC(=O)C(C)NC(=O)c1ccccc1. The molecule has 1 amide bonds. The molecular weight excluding hydrogens is 346 g/mol. The number of Topliss-reactive ketones (excluding diaryl/α,β-unsaturated/α-hetero) is 1. The summed E-state index contributed by atoms with van der Waals surface area (Å²) in [4.78, 5) is 35.9. The van der Waals surface area contributed by atoms with Crippen molar-refractivity contribution in [3.05, 3.63) is 65.2 Å². The maximum Gasteiger partial charge on any atom is 0.328 e. The van der Waals surface area contributed by atoms with E-state index in [4.69, 9.17) is 9.47 Å². The normalized spacial score (nSPS) is 11.4. The second-order valence-corrected chi connectivity index (χ2v) is 5.98. The Morgan fingerprint density at radius 3 is 2.37 bits per heavy atom. The van der Waals surface area contributed by atoms with Gasteiger partial charge < -0.3 is 14.8 Å². The minimum absolute atomic E-state index is 0.0547. The number of benzene rings is 2. The molecule has 0 aliphatic carbocycles. The molecule has 2 rings (SSSR count). The largest absolute Gasteiger partial charge is 0.493 e. The smallest absolute Gasteiger partial charge is 0.328 e. The quantitative estimate of drug-likeness (QED) is 0.571. The summed E-state index contributed by atoms with van der Waals surface area (Å²) in [6.45, 7) is 5.26. The monoisotopic (exact) mass is 369 g/mol. The third-order valence-electron chi connectivity index (χ3n) is 3.87. The number of ketones is 1. The highest BCUT2D eigenvalue weighted by Gasteiger charge is 2.19. The van der Waals surface area contributed by atoms with Crippen molar-refractivity contribution in [3.8, 4) is 5.75 Å². The first kappa shape index (κ1) is 20.2. The second-order valence-electron chi connectivity index (χ2n) is 5.98. The van der Waals surface area contributed by atoms with E-state index in [-0.39, 0.29) is 18.3 Å². The van der Waals surface area contributed by atoms with Crippen LogP contribution in [0, 0.1) is 0 Å². The van der Waals surface area contributed by atoms with Gasteiger partial charge in [0.1, 0.15) is 18.4 Å². The zero-order chi connectivity index (χ0) is 19.8.